The van der Waals surface area contributed by atoms with Crippen LogP contribution >= 0.6 is 23.2 Å². The van der Waals surface area contributed by atoms with Crippen molar-refractivity contribution in [3.8, 4) is 0 Å². The van der Waals surface area contributed by atoms with Crippen molar-refractivity contribution in [3.63, 3.8) is 0 Å². The van der Waals surface area contributed by atoms with Gasteiger partial charge in [0.05, 0.1) is 24.3 Å². The Bertz CT molecular complexity index is 318. The predicted octanol–water partition coefficient (Wildman–Crippen LogP) is 2.18. The number of hydrogen-bond donors (Lipinski definition) is 0. The van der Waals surface area contributed by atoms with Gasteiger partial charge in [0.15, 0.2) is 0 Å². The third-order valence-corrected chi connectivity index (χ3v) is 2.99. The third kappa shape index (κ3) is 2.54. The van der Waals surface area contributed by atoms with Crippen LogP contribution in [0.15, 0.2) is 18.3 Å². The van der Waals surface area contributed by atoms with Gasteiger partial charge in [-0.25, -0.2) is 4.98 Å². The number of pyridine rings is 1. The quantitative estimate of drug-likeness (QED) is 0.749. The Morgan fingerprint density at radius 2 is 2.40 bits per heavy atom. The summed E-state index contributed by atoms with van der Waals surface area (Å²) in [5.74, 6) is 1.46. The van der Waals surface area contributed by atoms with Crippen molar-refractivity contribution in [2.45, 2.75) is 6.04 Å². The highest BCUT2D eigenvalue weighted by atomic mass is 35.5. The van der Waals surface area contributed by atoms with Gasteiger partial charge in [-0.05, 0) is 12.1 Å². The summed E-state index contributed by atoms with van der Waals surface area (Å²) >= 11 is 11.7. The Morgan fingerprint density at radius 1 is 1.53 bits per heavy atom. The second-order valence-electron chi connectivity index (χ2n) is 3.41. The van der Waals surface area contributed by atoms with Gasteiger partial charge in [0, 0.05) is 18.6 Å². The van der Waals surface area contributed by atoms with E-state index in [0.29, 0.717) is 17.5 Å². The Balaban J connectivity index is 2.16. The van der Waals surface area contributed by atoms with E-state index in [1.54, 1.807) is 6.20 Å². The van der Waals surface area contributed by atoms with Gasteiger partial charge in [-0.1, -0.05) is 11.6 Å². The number of alkyl halides is 1. The van der Waals surface area contributed by atoms with Crippen molar-refractivity contribution in [3.05, 3.63) is 23.4 Å². The van der Waals surface area contributed by atoms with Crippen molar-refractivity contribution < 1.29 is 4.74 Å². The first-order valence-corrected chi connectivity index (χ1v) is 5.74. The maximum atomic E-state index is 5.88. The molecule has 0 spiro atoms. The van der Waals surface area contributed by atoms with E-state index >= 15 is 0 Å². The molecule has 1 atom stereocenters. The van der Waals surface area contributed by atoms with Crippen LogP contribution in [0.25, 0.3) is 0 Å². The lowest BCUT2D eigenvalue weighted by atomic mass is 10.2. The Hall–Kier alpha value is -0.510. The highest BCUT2D eigenvalue weighted by molar-refractivity contribution is 6.30. The molecule has 1 aliphatic heterocycles. The van der Waals surface area contributed by atoms with E-state index < -0.39 is 0 Å². The molecule has 0 aliphatic carbocycles. The summed E-state index contributed by atoms with van der Waals surface area (Å²) in [5, 5.41) is 0.648. The lowest BCUT2D eigenvalue weighted by molar-refractivity contribution is 0.0994. The molecule has 0 amide bonds. The molecule has 1 fully saturated rings. The Kier molecular flexibility index (Phi) is 3.67. The number of halogens is 2. The number of aromatic nitrogens is 1. The van der Waals surface area contributed by atoms with Crippen LogP contribution in [0.5, 0.6) is 0 Å². The van der Waals surface area contributed by atoms with Crippen LogP contribution in [0.4, 0.5) is 5.82 Å². The zero-order chi connectivity index (χ0) is 10.7. The number of ether oxygens (including phenoxy) is 1. The first-order valence-electron chi connectivity index (χ1n) is 4.83. The molecule has 0 saturated carbocycles. The molecule has 1 aromatic rings. The minimum absolute atomic E-state index is 0.203. The molecule has 2 heterocycles. The molecule has 0 radical (unpaired) electrons. The van der Waals surface area contributed by atoms with E-state index in [-0.39, 0.29) is 6.04 Å². The number of rotatable bonds is 2. The molecular formula is C10H12Cl2N2O. The first-order chi connectivity index (χ1) is 7.31. The average Bonchev–Trinajstić information content (AvgIpc) is 2.30. The van der Waals surface area contributed by atoms with Gasteiger partial charge in [-0.2, -0.15) is 0 Å². The van der Waals surface area contributed by atoms with Gasteiger partial charge in [0.1, 0.15) is 5.82 Å². The molecule has 0 aromatic carbocycles. The highest BCUT2D eigenvalue weighted by Gasteiger charge is 2.22. The normalized spacial score (nSPS) is 21.7. The van der Waals surface area contributed by atoms with E-state index in [2.05, 4.69) is 9.88 Å². The summed E-state index contributed by atoms with van der Waals surface area (Å²) in [7, 11) is 0. The van der Waals surface area contributed by atoms with E-state index in [1.165, 1.54) is 0 Å². The smallest absolute Gasteiger partial charge is 0.129 e. The number of nitrogens with zero attached hydrogens (tertiary/aromatic N) is 2. The highest BCUT2D eigenvalue weighted by Crippen LogP contribution is 2.19. The van der Waals surface area contributed by atoms with Gasteiger partial charge in [0.2, 0.25) is 0 Å². The standard InChI is InChI=1S/C10H12Cl2N2O/c11-5-9-7-15-4-3-14(9)10-2-1-8(12)6-13-10/h1-2,6,9H,3-5,7H2. The van der Waals surface area contributed by atoms with Crippen LogP contribution < -0.4 is 4.90 Å². The monoisotopic (exact) mass is 246 g/mol. The molecule has 3 nitrogen and oxygen atoms in total. The molecule has 15 heavy (non-hydrogen) atoms. The maximum Gasteiger partial charge on any atom is 0.129 e. The fraction of sp³-hybridized carbons (Fsp3) is 0.500. The summed E-state index contributed by atoms with van der Waals surface area (Å²) < 4.78 is 5.37. The van der Waals surface area contributed by atoms with Crippen LogP contribution in [0.1, 0.15) is 0 Å². The molecule has 1 unspecified atom stereocenters. The van der Waals surface area contributed by atoms with E-state index in [1.807, 2.05) is 12.1 Å². The second-order valence-corrected chi connectivity index (χ2v) is 4.16. The average molecular weight is 247 g/mol. The lowest BCUT2D eigenvalue weighted by Crippen LogP contribution is -2.47. The fourth-order valence-corrected chi connectivity index (χ4v) is 1.99. The van der Waals surface area contributed by atoms with Gasteiger partial charge in [-0.3, -0.25) is 0 Å². The van der Waals surface area contributed by atoms with Crippen molar-refractivity contribution in [2.24, 2.45) is 0 Å². The second kappa shape index (κ2) is 5.01. The molecule has 82 valence electrons. The maximum absolute atomic E-state index is 5.88. The van der Waals surface area contributed by atoms with Gasteiger partial charge >= 0.3 is 0 Å². The number of morpholine rings is 1. The fourth-order valence-electron chi connectivity index (χ4n) is 1.62. The minimum atomic E-state index is 0.203. The summed E-state index contributed by atoms with van der Waals surface area (Å²) in [4.78, 5) is 6.44. The van der Waals surface area contributed by atoms with Crippen LogP contribution in [-0.4, -0.2) is 36.7 Å². The molecule has 1 aromatic heterocycles. The van der Waals surface area contributed by atoms with Crippen molar-refractivity contribution in [2.75, 3.05) is 30.5 Å². The molecular weight excluding hydrogens is 235 g/mol. The van der Waals surface area contributed by atoms with Crippen molar-refractivity contribution in [1.82, 2.24) is 4.98 Å². The molecule has 0 N–H and O–H groups in total. The Labute approximate surface area is 98.9 Å². The number of hydrogen-bond acceptors (Lipinski definition) is 3. The predicted molar refractivity (Wildman–Crippen MR) is 61.9 cm³/mol. The van der Waals surface area contributed by atoms with Gasteiger partial charge in [0.25, 0.3) is 0 Å². The zero-order valence-electron chi connectivity index (χ0n) is 8.20. The summed E-state index contributed by atoms with van der Waals surface area (Å²) in [6.07, 6.45) is 1.65. The zero-order valence-corrected chi connectivity index (χ0v) is 9.71. The van der Waals surface area contributed by atoms with Crippen LogP contribution in [-0.2, 0) is 4.74 Å². The van der Waals surface area contributed by atoms with Gasteiger partial charge in [-0.15, -0.1) is 11.6 Å². The SMILES string of the molecule is ClCC1COCCN1c1ccc(Cl)cn1. The van der Waals surface area contributed by atoms with Gasteiger partial charge < -0.3 is 9.64 Å². The first kappa shape index (κ1) is 11.0. The minimum Gasteiger partial charge on any atom is -0.377 e. The summed E-state index contributed by atoms with van der Waals surface area (Å²) in [5.41, 5.74) is 0. The van der Waals surface area contributed by atoms with E-state index in [9.17, 15) is 0 Å². The molecule has 5 heteroatoms. The number of anilines is 1. The summed E-state index contributed by atoms with van der Waals surface area (Å²) in [6.45, 7) is 2.21. The van der Waals surface area contributed by atoms with Crippen molar-refractivity contribution >= 4 is 29.0 Å². The molecule has 0 bridgehead atoms. The van der Waals surface area contributed by atoms with Crippen LogP contribution in [0, 0.1) is 0 Å². The molecule has 1 saturated heterocycles. The van der Waals surface area contributed by atoms with Crippen LogP contribution in [0.2, 0.25) is 5.02 Å². The van der Waals surface area contributed by atoms with E-state index in [4.69, 9.17) is 27.9 Å². The third-order valence-electron chi connectivity index (χ3n) is 2.41. The summed E-state index contributed by atoms with van der Waals surface area (Å²) in [6, 6.07) is 3.95. The lowest BCUT2D eigenvalue weighted by Gasteiger charge is -2.35. The molecule has 2 rings (SSSR count). The topological polar surface area (TPSA) is 25.4 Å². The van der Waals surface area contributed by atoms with Crippen molar-refractivity contribution in [1.29, 1.82) is 0 Å². The van der Waals surface area contributed by atoms with E-state index in [0.717, 1.165) is 19.0 Å². The largest absolute Gasteiger partial charge is 0.377 e. The molecule has 1 aliphatic rings. The Morgan fingerprint density at radius 3 is 3.07 bits per heavy atom. The van der Waals surface area contributed by atoms with Crippen LogP contribution in [0.3, 0.4) is 0 Å².